The van der Waals surface area contributed by atoms with Crippen molar-refractivity contribution in [2.45, 2.75) is 13.1 Å². The SMILES string of the molecule is COc1ccc(OC)c(NC(=O)Cn2c(=O)n(Cc3ccccc3)c(=O)c3nccnc32)c1. The van der Waals surface area contributed by atoms with Crippen LogP contribution in [0.4, 0.5) is 5.69 Å². The van der Waals surface area contributed by atoms with Crippen molar-refractivity contribution in [1.82, 2.24) is 19.1 Å². The lowest BCUT2D eigenvalue weighted by Crippen LogP contribution is -2.42. The number of hydrogen-bond acceptors (Lipinski definition) is 7. The highest BCUT2D eigenvalue weighted by atomic mass is 16.5. The van der Waals surface area contributed by atoms with Gasteiger partial charge in [0.15, 0.2) is 11.2 Å². The molecule has 0 saturated carbocycles. The van der Waals surface area contributed by atoms with Gasteiger partial charge >= 0.3 is 5.69 Å². The van der Waals surface area contributed by atoms with E-state index in [0.29, 0.717) is 17.2 Å². The number of ether oxygens (including phenoxy) is 2. The summed E-state index contributed by atoms with van der Waals surface area (Å²) in [6.45, 7) is -0.347. The van der Waals surface area contributed by atoms with E-state index in [1.54, 1.807) is 30.3 Å². The smallest absolute Gasteiger partial charge is 0.333 e. The van der Waals surface area contributed by atoms with Gasteiger partial charge in [-0.05, 0) is 17.7 Å². The average Bonchev–Trinajstić information content (AvgIpc) is 2.85. The Hall–Kier alpha value is -4.47. The van der Waals surface area contributed by atoms with E-state index in [1.165, 1.54) is 26.6 Å². The molecule has 0 aliphatic rings. The molecule has 168 valence electrons. The molecule has 0 fully saturated rings. The Morgan fingerprint density at radius 1 is 0.970 bits per heavy atom. The Balaban J connectivity index is 1.74. The van der Waals surface area contributed by atoms with Gasteiger partial charge in [0.1, 0.15) is 18.0 Å². The molecule has 0 saturated heterocycles. The second kappa shape index (κ2) is 9.35. The number of carbonyl (C=O) groups is 1. The second-order valence-corrected chi connectivity index (χ2v) is 7.09. The molecule has 0 spiro atoms. The quantitative estimate of drug-likeness (QED) is 0.458. The zero-order valence-electron chi connectivity index (χ0n) is 18.0. The van der Waals surface area contributed by atoms with Crippen LogP contribution in [-0.2, 0) is 17.9 Å². The minimum absolute atomic E-state index is 0.000193. The van der Waals surface area contributed by atoms with E-state index in [0.717, 1.165) is 14.7 Å². The fraction of sp³-hybridized carbons (Fsp3) is 0.174. The summed E-state index contributed by atoms with van der Waals surface area (Å²) in [4.78, 5) is 47.3. The molecule has 10 nitrogen and oxygen atoms in total. The van der Waals surface area contributed by atoms with E-state index in [2.05, 4.69) is 15.3 Å². The first kappa shape index (κ1) is 21.8. The van der Waals surface area contributed by atoms with E-state index in [4.69, 9.17) is 9.47 Å². The minimum atomic E-state index is -0.662. The van der Waals surface area contributed by atoms with Crippen molar-refractivity contribution in [1.29, 1.82) is 0 Å². The number of anilines is 1. The largest absolute Gasteiger partial charge is 0.497 e. The van der Waals surface area contributed by atoms with Gasteiger partial charge in [0.2, 0.25) is 5.91 Å². The van der Waals surface area contributed by atoms with E-state index in [-0.39, 0.29) is 24.3 Å². The van der Waals surface area contributed by atoms with Gasteiger partial charge in [-0.15, -0.1) is 0 Å². The molecule has 0 radical (unpaired) electrons. The Bertz CT molecular complexity index is 1430. The van der Waals surface area contributed by atoms with Crippen LogP contribution in [0.5, 0.6) is 11.5 Å². The first-order valence-corrected chi connectivity index (χ1v) is 10.0. The zero-order chi connectivity index (χ0) is 23.4. The van der Waals surface area contributed by atoms with Gasteiger partial charge in [-0.2, -0.15) is 0 Å². The number of aromatic nitrogens is 4. The van der Waals surface area contributed by atoms with Gasteiger partial charge in [0.05, 0.1) is 26.5 Å². The summed E-state index contributed by atoms with van der Waals surface area (Å²) in [6.07, 6.45) is 2.73. The normalized spacial score (nSPS) is 10.7. The molecule has 2 heterocycles. The summed E-state index contributed by atoms with van der Waals surface area (Å²) >= 11 is 0. The van der Waals surface area contributed by atoms with Crippen molar-refractivity contribution in [2.75, 3.05) is 19.5 Å². The maximum Gasteiger partial charge on any atom is 0.333 e. The Kier molecular flexibility index (Phi) is 6.16. The number of methoxy groups -OCH3 is 2. The van der Waals surface area contributed by atoms with Gasteiger partial charge < -0.3 is 14.8 Å². The Labute approximate surface area is 188 Å². The van der Waals surface area contributed by atoms with E-state index in [1.807, 2.05) is 18.2 Å². The molecule has 33 heavy (non-hydrogen) atoms. The molecule has 0 aliphatic carbocycles. The van der Waals surface area contributed by atoms with Crippen LogP contribution in [0, 0.1) is 0 Å². The van der Waals surface area contributed by atoms with Gasteiger partial charge in [-0.1, -0.05) is 30.3 Å². The van der Waals surface area contributed by atoms with Crippen LogP contribution in [0.15, 0.2) is 70.5 Å². The number of amides is 1. The van der Waals surface area contributed by atoms with Crippen molar-refractivity contribution < 1.29 is 14.3 Å². The summed E-state index contributed by atoms with van der Waals surface area (Å²) in [5, 5.41) is 2.72. The third kappa shape index (κ3) is 4.45. The number of rotatable bonds is 7. The van der Waals surface area contributed by atoms with Gasteiger partial charge in [0.25, 0.3) is 5.56 Å². The Morgan fingerprint density at radius 2 is 1.73 bits per heavy atom. The molecule has 0 bridgehead atoms. The van der Waals surface area contributed by atoms with Gasteiger partial charge in [0, 0.05) is 18.5 Å². The summed E-state index contributed by atoms with van der Waals surface area (Å²) in [5.41, 5.74) is -0.0630. The lowest BCUT2D eigenvalue weighted by molar-refractivity contribution is -0.116. The number of hydrogen-bond donors (Lipinski definition) is 1. The molecule has 10 heteroatoms. The lowest BCUT2D eigenvalue weighted by Gasteiger charge is -2.14. The highest BCUT2D eigenvalue weighted by Gasteiger charge is 2.18. The van der Waals surface area contributed by atoms with Crippen molar-refractivity contribution >= 4 is 22.8 Å². The number of carbonyl (C=O) groups excluding carboxylic acids is 1. The molecule has 1 N–H and O–H groups in total. The predicted molar refractivity (Wildman–Crippen MR) is 122 cm³/mol. The van der Waals surface area contributed by atoms with E-state index < -0.39 is 17.2 Å². The molecule has 0 unspecified atom stereocenters. The van der Waals surface area contributed by atoms with Crippen LogP contribution in [0.2, 0.25) is 0 Å². The predicted octanol–water partition coefficient (Wildman–Crippen LogP) is 1.66. The second-order valence-electron chi connectivity index (χ2n) is 7.09. The molecule has 0 atom stereocenters. The topological polar surface area (TPSA) is 117 Å². The van der Waals surface area contributed by atoms with E-state index >= 15 is 0 Å². The lowest BCUT2D eigenvalue weighted by atomic mass is 10.2. The molecule has 1 amide bonds. The summed E-state index contributed by atoms with van der Waals surface area (Å²) in [7, 11) is 2.98. The van der Waals surface area contributed by atoms with Crippen LogP contribution >= 0.6 is 0 Å². The molecule has 0 aliphatic heterocycles. The molecule has 4 aromatic rings. The van der Waals surface area contributed by atoms with Gasteiger partial charge in [-0.3, -0.25) is 18.7 Å². The molecular formula is C23H21N5O5. The maximum atomic E-state index is 13.3. The molecular weight excluding hydrogens is 426 g/mol. The Morgan fingerprint density at radius 3 is 2.45 bits per heavy atom. The maximum absolute atomic E-state index is 13.3. The monoisotopic (exact) mass is 447 g/mol. The number of nitrogens with zero attached hydrogens (tertiary/aromatic N) is 4. The number of fused-ring (bicyclic) bond motifs is 1. The summed E-state index contributed by atoms with van der Waals surface area (Å²) in [6, 6.07) is 14.0. The molecule has 2 aromatic carbocycles. The van der Waals surface area contributed by atoms with Crippen molar-refractivity contribution in [3.63, 3.8) is 0 Å². The fourth-order valence-corrected chi connectivity index (χ4v) is 3.42. The first-order chi connectivity index (χ1) is 16.0. The molecule has 2 aromatic heterocycles. The van der Waals surface area contributed by atoms with Crippen LogP contribution in [0.25, 0.3) is 11.2 Å². The van der Waals surface area contributed by atoms with Crippen LogP contribution < -0.4 is 26.0 Å². The van der Waals surface area contributed by atoms with E-state index in [9.17, 15) is 14.4 Å². The highest BCUT2D eigenvalue weighted by Crippen LogP contribution is 2.28. The van der Waals surface area contributed by atoms with Crippen LogP contribution in [0.3, 0.4) is 0 Å². The average molecular weight is 447 g/mol. The first-order valence-electron chi connectivity index (χ1n) is 10.0. The number of benzene rings is 2. The summed E-state index contributed by atoms with van der Waals surface area (Å²) in [5.74, 6) is 0.437. The van der Waals surface area contributed by atoms with Crippen molar-refractivity contribution in [3.05, 3.63) is 87.3 Å². The van der Waals surface area contributed by atoms with Gasteiger partial charge in [-0.25, -0.2) is 14.8 Å². The standard InChI is InChI=1S/C23H21N5O5/c1-32-16-8-9-18(33-2)17(12-16)26-19(29)14-27-21-20(24-10-11-25-21)22(30)28(23(27)31)13-15-6-4-3-5-7-15/h3-12H,13-14H2,1-2H3,(H,26,29). The third-order valence-corrected chi connectivity index (χ3v) is 5.01. The third-order valence-electron chi connectivity index (χ3n) is 5.01. The summed E-state index contributed by atoms with van der Waals surface area (Å²) < 4.78 is 12.7. The van der Waals surface area contributed by atoms with Crippen molar-refractivity contribution in [2.24, 2.45) is 0 Å². The fourth-order valence-electron chi connectivity index (χ4n) is 3.42. The minimum Gasteiger partial charge on any atom is -0.497 e. The number of nitrogens with one attached hydrogen (secondary N) is 1. The zero-order valence-corrected chi connectivity index (χ0v) is 18.0. The highest BCUT2D eigenvalue weighted by molar-refractivity contribution is 5.93. The molecule has 4 rings (SSSR count). The van der Waals surface area contributed by atoms with Crippen LogP contribution in [0.1, 0.15) is 5.56 Å². The van der Waals surface area contributed by atoms with Crippen molar-refractivity contribution in [3.8, 4) is 11.5 Å². The van der Waals surface area contributed by atoms with Crippen LogP contribution in [-0.4, -0.2) is 39.2 Å².